The highest BCUT2D eigenvalue weighted by Gasteiger charge is 2.28. The third-order valence-electron chi connectivity index (χ3n) is 5.24. The summed E-state index contributed by atoms with van der Waals surface area (Å²) >= 11 is 0. The van der Waals surface area contributed by atoms with E-state index in [1.807, 2.05) is 13.8 Å². The number of aromatic nitrogens is 1. The fourth-order valence-electron chi connectivity index (χ4n) is 3.71. The van der Waals surface area contributed by atoms with Crippen LogP contribution in [0.25, 0.3) is 17.2 Å². The SMILES string of the molecule is CCS(=O)(=O)n1c(C)c(-c2ccc(F)cc2)c(C=CC(O)CC(=O)CC(=O)OC)c1C(C)C. The molecule has 0 fully saturated rings. The first-order chi connectivity index (χ1) is 15.4. The van der Waals surface area contributed by atoms with Crippen LogP contribution in [0.3, 0.4) is 0 Å². The van der Waals surface area contributed by atoms with Crippen molar-refractivity contribution in [2.45, 2.75) is 52.6 Å². The average Bonchev–Trinajstić information content (AvgIpc) is 3.05. The van der Waals surface area contributed by atoms with Gasteiger partial charge in [0, 0.05) is 28.9 Å². The highest BCUT2D eigenvalue weighted by Crippen LogP contribution is 2.38. The van der Waals surface area contributed by atoms with Crippen molar-refractivity contribution in [3.8, 4) is 11.1 Å². The summed E-state index contributed by atoms with van der Waals surface area (Å²) in [4.78, 5) is 23.2. The van der Waals surface area contributed by atoms with Gasteiger partial charge in [-0.3, -0.25) is 9.59 Å². The molecule has 0 saturated heterocycles. The van der Waals surface area contributed by atoms with Gasteiger partial charge in [0.2, 0.25) is 10.0 Å². The Labute approximate surface area is 193 Å². The number of esters is 1. The highest BCUT2D eigenvalue weighted by atomic mass is 32.2. The first-order valence-corrected chi connectivity index (χ1v) is 12.2. The molecule has 1 aromatic heterocycles. The number of hydrogen-bond acceptors (Lipinski definition) is 6. The molecule has 0 aliphatic carbocycles. The number of hydrogen-bond donors (Lipinski definition) is 1. The van der Waals surface area contributed by atoms with Gasteiger partial charge in [0.15, 0.2) is 0 Å². The van der Waals surface area contributed by atoms with Gasteiger partial charge in [0.05, 0.1) is 19.0 Å². The van der Waals surface area contributed by atoms with E-state index in [4.69, 9.17) is 0 Å². The first kappa shape index (κ1) is 26.5. The Bertz CT molecular complexity index is 1150. The number of aliphatic hydroxyl groups excluding tert-OH is 1. The Hall–Kier alpha value is -2.78. The summed E-state index contributed by atoms with van der Waals surface area (Å²) in [5, 5.41) is 10.3. The topological polar surface area (TPSA) is 103 Å². The second-order valence-corrected chi connectivity index (χ2v) is 10.1. The third kappa shape index (κ3) is 6.17. The molecule has 0 amide bonds. The number of aliphatic hydroxyl groups is 1. The molecule has 33 heavy (non-hydrogen) atoms. The van der Waals surface area contributed by atoms with Crippen molar-refractivity contribution in [3.63, 3.8) is 0 Å². The minimum atomic E-state index is -3.66. The standard InChI is InChI=1S/C24H30FNO6S/c1-6-33(30,31)26-16(4)23(17-7-9-18(25)10-8-17)21(24(26)15(2)3)12-11-19(27)13-20(28)14-22(29)32-5/h7-12,15,19,27H,6,13-14H2,1-5H3. The molecule has 0 saturated carbocycles. The highest BCUT2D eigenvalue weighted by molar-refractivity contribution is 7.89. The van der Waals surface area contributed by atoms with Crippen LogP contribution in [-0.2, 0) is 24.3 Å². The number of nitrogens with zero attached hydrogens (tertiary/aromatic N) is 1. The van der Waals surface area contributed by atoms with Gasteiger partial charge in [0.25, 0.3) is 0 Å². The molecule has 1 N–H and O–H groups in total. The summed E-state index contributed by atoms with van der Waals surface area (Å²) in [6, 6.07) is 5.73. The molecule has 0 spiro atoms. The summed E-state index contributed by atoms with van der Waals surface area (Å²) in [7, 11) is -2.48. The lowest BCUT2D eigenvalue weighted by Crippen LogP contribution is -2.19. The third-order valence-corrected chi connectivity index (χ3v) is 7.00. The van der Waals surface area contributed by atoms with E-state index in [2.05, 4.69) is 4.74 Å². The summed E-state index contributed by atoms with van der Waals surface area (Å²) in [5.41, 5.74) is 2.78. The molecule has 180 valence electrons. The second kappa shape index (κ2) is 10.9. The van der Waals surface area contributed by atoms with E-state index in [9.17, 15) is 27.5 Å². The number of ether oxygens (including phenoxy) is 1. The fourth-order valence-corrected chi connectivity index (χ4v) is 5.09. The Morgan fingerprint density at radius 2 is 1.82 bits per heavy atom. The van der Waals surface area contributed by atoms with Crippen LogP contribution in [0.2, 0.25) is 0 Å². The molecule has 1 heterocycles. The summed E-state index contributed by atoms with van der Waals surface area (Å²) in [6.45, 7) is 6.96. The number of benzene rings is 1. The first-order valence-electron chi connectivity index (χ1n) is 10.6. The molecular formula is C24H30FNO6S. The molecule has 0 radical (unpaired) electrons. The van der Waals surface area contributed by atoms with Gasteiger partial charge >= 0.3 is 5.97 Å². The van der Waals surface area contributed by atoms with Gasteiger partial charge in [-0.2, -0.15) is 0 Å². The minimum absolute atomic E-state index is 0.112. The van der Waals surface area contributed by atoms with E-state index in [-0.39, 0.29) is 18.1 Å². The van der Waals surface area contributed by atoms with E-state index in [0.29, 0.717) is 28.1 Å². The number of rotatable bonds is 10. The van der Waals surface area contributed by atoms with Crippen LogP contribution in [-0.4, -0.2) is 48.2 Å². The maximum Gasteiger partial charge on any atom is 0.313 e. The number of carbonyl (C=O) groups excluding carboxylic acids is 2. The van der Waals surface area contributed by atoms with Crippen molar-refractivity contribution < 1.29 is 32.2 Å². The summed E-state index contributed by atoms with van der Waals surface area (Å²) in [6.07, 6.45) is 1.06. The second-order valence-electron chi connectivity index (χ2n) is 8.01. The Balaban J connectivity index is 2.63. The van der Waals surface area contributed by atoms with Crippen LogP contribution in [0.15, 0.2) is 30.3 Å². The maximum absolute atomic E-state index is 13.5. The summed E-state index contributed by atoms with van der Waals surface area (Å²) < 4.78 is 45.2. The van der Waals surface area contributed by atoms with Crippen LogP contribution in [0.4, 0.5) is 4.39 Å². The normalized spacial score (nSPS) is 13.0. The predicted molar refractivity (Wildman–Crippen MR) is 125 cm³/mol. The molecule has 1 atom stereocenters. The molecule has 1 unspecified atom stereocenters. The van der Waals surface area contributed by atoms with Crippen LogP contribution >= 0.6 is 0 Å². The van der Waals surface area contributed by atoms with Crippen molar-refractivity contribution in [2.75, 3.05) is 12.9 Å². The van der Waals surface area contributed by atoms with E-state index < -0.39 is 40.1 Å². The smallest absolute Gasteiger partial charge is 0.313 e. The van der Waals surface area contributed by atoms with E-state index >= 15 is 0 Å². The minimum Gasteiger partial charge on any atom is -0.469 e. The average molecular weight is 480 g/mol. The molecule has 2 rings (SSSR count). The van der Waals surface area contributed by atoms with Crippen LogP contribution in [0, 0.1) is 12.7 Å². The zero-order valence-corrected chi connectivity index (χ0v) is 20.3. The largest absolute Gasteiger partial charge is 0.469 e. The van der Waals surface area contributed by atoms with Crippen molar-refractivity contribution in [1.82, 2.24) is 3.97 Å². The van der Waals surface area contributed by atoms with Crippen molar-refractivity contribution in [2.24, 2.45) is 0 Å². The molecular weight excluding hydrogens is 449 g/mol. The monoisotopic (exact) mass is 479 g/mol. The Morgan fingerprint density at radius 1 is 1.21 bits per heavy atom. The molecule has 1 aromatic carbocycles. The molecule has 9 heteroatoms. The number of methoxy groups -OCH3 is 1. The van der Waals surface area contributed by atoms with Gasteiger partial charge in [-0.25, -0.2) is 16.8 Å². The lowest BCUT2D eigenvalue weighted by molar-refractivity contribution is -0.143. The molecule has 0 bridgehead atoms. The zero-order valence-electron chi connectivity index (χ0n) is 19.5. The molecule has 0 aliphatic rings. The number of halogens is 1. The quantitative estimate of drug-likeness (QED) is 0.411. The van der Waals surface area contributed by atoms with Gasteiger partial charge in [-0.05, 0) is 37.5 Å². The van der Waals surface area contributed by atoms with Crippen LogP contribution in [0.5, 0.6) is 0 Å². The van der Waals surface area contributed by atoms with Crippen molar-refractivity contribution in [3.05, 3.63) is 53.1 Å². The molecule has 7 nitrogen and oxygen atoms in total. The zero-order chi connectivity index (χ0) is 24.9. The lowest BCUT2D eigenvalue weighted by atomic mass is 9.96. The number of ketones is 1. The lowest BCUT2D eigenvalue weighted by Gasteiger charge is -2.14. The maximum atomic E-state index is 13.5. The van der Waals surface area contributed by atoms with Gasteiger partial charge < -0.3 is 9.84 Å². The number of Topliss-reactive ketones (excluding diaryl/α,β-unsaturated/α-hetero) is 1. The van der Waals surface area contributed by atoms with Gasteiger partial charge in [-0.15, -0.1) is 0 Å². The van der Waals surface area contributed by atoms with Crippen LogP contribution < -0.4 is 0 Å². The predicted octanol–water partition coefficient (Wildman–Crippen LogP) is 3.82. The van der Waals surface area contributed by atoms with Crippen molar-refractivity contribution in [1.29, 1.82) is 0 Å². The fraction of sp³-hybridized carbons (Fsp3) is 0.417. The van der Waals surface area contributed by atoms with Crippen LogP contribution in [0.1, 0.15) is 56.5 Å². The Morgan fingerprint density at radius 3 is 2.33 bits per heavy atom. The molecule has 2 aromatic rings. The van der Waals surface area contributed by atoms with Gasteiger partial charge in [-0.1, -0.05) is 38.1 Å². The molecule has 0 aliphatic heterocycles. The van der Waals surface area contributed by atoms with E-state index in [1.54, 1.807) is 32.1 Å². The van der Waals surface area contributed by atoms with E-state index in [1.165, 1.54) is 29.3 Å². The Kier molecular flexibility index (Phi) is 8.74. The summed E-state index contributed by atoms with van der Waals surface area (Å²) in [5.74, 6) is -1.90. The van der Waals surface area contributed by atoms with Crippen molar-refractivity contribution >= 4 is 27.9 Å². The van der Waals surface area contributed by atoms with E-state index in [0.717, 1.165) is 0 Å². The number of carbonyl (C=O) groups is 2. The van der Waals surface area contributed by atoms with Gasteiger partial charge in [0.1, 0.15) is 18.0 Å².